The molecular formula is C58H39N. The Morgan fingerprint density at radius 3 is 1.32 bits per heavy atom. The average molecular weight is 750 g/mol. The second kappa shape index (κ2) is 14.6. The van der Waals surface area contributed by atoms with Gasteiger partial charge in [-0.3, -0.25) is 0 Å². The zero-order chi connectivity index (χ0) is 39.1. The Bertz CT molecular complexity index is 3250. The molecular weight excluding hydrogens is 711 g/mol. The lowest BCUT2D eigenvalue weighted by Crippen LogP contribution is -2.10. The third-order valence-electron chi connectivity index (χ3n) is 11.8. The van der Waals surface area contributed by atoms with Gasteiger partial charge < -0.3 is 4.90 Å². The fourth-order valence-corrected chi connectivity index (χ4v) is 9.08. The van der Waals surface area contributed by atoms with E-state index in [9.17, 15) is 0 Å². The molecule has 0 heterocycles. The van der Waals surface area contributed by atoms with Crippen molar-refractivity contribution in [1.82, 2.24) is 0 Å². The van der Waals surface area contributed by atoms with Crippen molar-refractivity contribution in [2.75, 3.05) is 4.90 Å². The highest BCUT2D eigenvalue weighted by Gasteiger charge is 2.20. The summed E-state index contributed by atoms with van der Waals surface area (Å²) in [5.74, 6) is 0. The zero-order valence-electron chi connectivity index (χ0n) is 32.5. The lowest BCUT2D eigenvalue weighted by atomic mass is 9.89. The van der Waals surface area contributed by atoms with Gasteiger partial charge in [-0.05, 0) is 119 Å². The minimum Gasteiger partial charge on any atom is -0.310 e. The van der Waals surface area contributed by atoms with Gasteiger partial charge >= 0.3 is 0 Å². The topological polar surface area (TPSA) is 3.24 Å². The van der Waals surface area contributed by atoms with Crippen LogP contribution in [0.5, 0.6) is 0 Å². The van der Waals surface area contributed by atoms with Gasteiger partial charge in [-0.2, -0.15) is 0 Å². The van der Waals surface area contributed by atoms with Crippen LogP contribution >= 0.6 is 0 Å². The van der Waals surface area contributed by atoms with Crippen LogP contribution in [0.15, 0.2) is 237 Å². The van der Waals surface area contributed by atoms with Crippen molar-refractivity contribution in [2.24, 2.45) is 0 Å². The van der Waals surface area contributed by atoms with Crippen LogP contribution in [0.2, 0.25) is 0 Å². The highest BCUT2D eigenvalue weighted by Crippen LogP contribution is 2.46. The molecule has 11 aromatic rings. The number of anilines is 3. The van der Waals surface area contributed by atoms with E-state index in [4.69, 9.17) is 0 Å². The first kappa shape index (κ1) is 34.5. The van der Waals surface area contributed by atoms with Crippen LogP contribution in [0.4, 0.5) is 17.1 Å². The highest BCUT2D eigenvalue weighted by molar-refractivity contribution is 6.28. The summed E-state index contributed by atoms with van der Waals surface area (Å²) in [4.78, 5) is 2.44. The number of hydrogen-bond acceptors (Lipinski definition) is 1. The van der Waals surface area contributed by atoms with Crippen molar-refractivity contribution in [3.8, 4) is 44.5 Å². The van der Waals surface area contributed by atoms with Gasteiger partial charge in [-0.25, -0.2) is 0 Å². The van der Waals surface area contributed by atoms with Crippen molar-refractivity contribution in [3.63, 3.8) is 0 Å². The van der Waals surface area contributed by atoms with Crippen LogP contribution in [0, 0.1) is 0 Å². The lowest BCUT2D eigenvalue weighted by molar-refractivity contribution is 1.30. The Morgan fingerprint density at radius 2 is 0.695 bits per heavy atom. The third-order valence-corrected chi connectivity index (χ3v) is 11.8. The lowest BCUT2D eigenvalue weighted by Gasteiger charge is -2.28. The third kappa shape index (κ3) is 6.12. The van der Waals surface area contributed by atoms with E-state index in [2.05, 4.69) is 241 Å². The van der Waals surface area contributed by atoms with E-state index < -0.39 is 0 Å². The van der Waals surface area contributed by atoms with Gasteiger partial charge in [-0.15, -0.1) is 0 Å². The van der Waals surface area contributed by atoms with Gasteiger partial charge in [0.25, 0.3) is 0 Å². The molecule has 0 saturated heterocycles. The zero-order valence-corrected chi connectivity index (χ0v) is 32.5. The normalized spacial score (nSPS) is 11.4. The van der Waals surface area contributed by atoms with Crippen LogP contribution in [-0.2, 0) is 0 Å². The molecule has 0 N–H and O–H groups in total. The number of rotatable bonds is 7. The van der Waals surface area contributed by atoms with Crippen LogP contribution in [0.25, 0.3) is 87.6 Å². The average Bonchev–Trinajstić information content (AvgIpc) is 3.32. The van der Waals surface area contributed by atoms with E-state index in [1.165, 1.54) is 87.6 Å². The first-order valence-electron chi connectivity index (χ1n) is 20.3. The Balaban J connectivity index is 1.10. The Hall–Kier alpha value is -7.74. The number of benzene rings is 11. The maximum Gasteiger partial charge on any atom is 0.0546 e. The molecule has 59 heavy (non-hydrogen) atoms. The monoisotopic (exact) mass is 749 g/mol. The van der Waals surface area contributed by atoms with Crippen LogP contribution in [0.3, 0.4) is 0 Å². The molecule has 1 nitrogen and oxygen atoms in total. The molecule has 0 saturated carbocycles. The minimum absolute atomic E-state index is 1.10. The fraction of sp³-hybridized carbons (Fsp3) is 0. The molecule has 0 aromatic heterocycles. The van der Waals surface area contributed by atoms with Crippen molar-refractivity contribution < 1.29 is 0 Å². The van der Waals surface area contributed by atoms with E-state index in [0.29, 0.717) is 0 Å². The predicted octanol–water partition coefficient (Wildman–Crippen LogP) is 16.4. The molecule has 0 fully saturated rings. The molecule has 0 radical (unpaired) electrons. The van der Waals surface area contributed by atoms with Crippen molar-refractivity contribution >= 4 is 60.2 Å². The molecule has 0 aliphatic carbocycles. The van der Waals surface area contributed by atoms with Crippen LogP contribution in [0.1, 0.15) is 0 Å². The quantitative estimate of drug-likeness (QED) is 0.147. The summed E-state index contributed by atoms with van der Waals surface area (Å²) in [7, 11) is 0. The van der Waals surface area contributed by atoms with E-state index in [-0.39, 0.29) is 0 Å². The minimum atomic E-state index is 1.10. The molecule has 1 heteroatoms. The first-order chi connectivity index (χ1) is 29.3. The first-order valence-corrected chi connectivity index (χ1v) is 20.3. The SMILES string of the molecule is c1ccc(-c2cccc(-c3ccc(N(c4ccc(-c5c(-c6ccccc6)ccc6ccccc56)cc4)c4cccc5c6ccccc6c6ccccc6c45)cc3)c2)cc1. The summed E-state index contributed by atoms with van der Waals surface area (Å²) in [6, 6.07) is 86.2. The summed E-state index contributed by atoms with van der Waals surface area (Å²) in [5.41, 5.74) is 13.0. The number of hydrogen-bond donors (Lipinski definition) is 0. The van der Waals surface area contributed by atoms with E-state index in [1.54, 1.807) is 0 Å². The molecule has 0 spiro atoms. The largest absolute Gasteiger partial charge is 0.310 e. The second-order valence-corrected chi connectivity index (χ2v) is 15.2. The van der Waals surface area contributed by atoms with Gasteiger partial charge in [-0.1, -0.05) is 200 Å². The number of nitrogens with zero attached hydrogens (tertiary/aromatic N) is 1. The van der Waals surface area contributed by atoms with Gasteiger partial charge in [0, 0.05) is 16.8 Å². The summed E-state index contributed by atoms with van der Waals surface area (Å²) >= 11 is 0. The highest BCUT2D eigenvalue weighted by atomic mass is 15.1. The van der Waals surface area contributed by atoms with E-state index >= 15 is 0 Å². The Labute approximate surface area is 344 Å². The predicted molar refractivity (Wildman–Crippen MR) is 253 cm³/mol. The van der Waals surface area contributed by atoms with Gasteiger partial charge in [0.05, 0.1) is 5.69 Å². The maximum atomic E-state index is 2.44. The molecule has 0 unspecified atom stereocenters. The molecule has 0 aliphatic heterocycles. The molecule has 0 atom stereocenters. The van der Waals surface area contributed by atoms with E-state index in [1.807, 2.05) is 0 Å². The molecule has 276 valence electrons. The molecule has 0 amide bonds. The van der Waals surface area contributed by atoms with Crippen molar-refractivity contribution in [2.45, 2.75) is 0 Å². The maximum absolute atomic E-state index is 2.44. The molecule has 0 bridgehead atoms. The summed E-state index contributed by atoms with van der Waals surface area (Å²) in [5, 5.41) is 10.0. The van der Waals surface area contributed by atoms with Crippen molar-refractivity contribution in [3.05, 3.63) is 237 Å². The number of fused-ring (bicyclic) bond motifs is 7. The Kier molecular flexibility index (Phi) is 8.56. The summed E-state index contributed by atoms with van der Waals surface area (Å²) < 4.78 is 0. The van der Waals surface area contributed by atoms with Gasteiger partial charge in [0.2, 0.25) is 0 Å². The van der Waals surface area contributed by atoms with Gasteiger partial charge in [0.15, 0.2) is 0 Å². The second-order valence-electron chi connectivity index (χ2n) is 15.2. The Morgan fingerprint density at radius 1 is 0.254 bits per heavy atom. The molecule has 11 aromatic carbocycles. The van der Waals surface area contributed by atoms with Gasteiger partial charge in [0.1, 0.15) is 0 Å². The fourth-order valence-electron chi connectivity index (χ4n) is 9.08. The smallest absolute Gasteiger partial charge is 0.0546 e. The standard InChI is InChI=1S/C58H39N/c1-3-15-40(16-4-1)45-20-13-21-46(39-45)41-29-34-47(35-30-41)59(56-28-14-27-55-53-24-10-9-23-51(53)52-25-11-12-26-54(52)58(55)56)48-36-31-44(32-37-48)57-49-22-8-7-19-43(49)33-38-50(57)42-17-5-2-6-18-42/h1-39H. The summed E-state index contributed by atoms with van der Waals surface area (Å²) in [6.07, 6.45) is 0. The van der Waals surface area contributed by atoms with Crippen LogP contribution in [-0.4, -0.2) is 0 Å². The molecule has 11 rings (SSSR count). The molecule has 0 aliphatic rings. The van der Waals surface area contributed by atoms with Crippen LogP contribution < -0.4 is 4.90 Å². The van der Waals surface area contributed by atoms with E-state index in [0.717, 1.165) is 17.1 Å². The van der Waals surface area contributed by atoms with Crippen molar-refractivity contribution in [1.29, 1.82) is 0 Å². The summed E-state index contributed by atoms with van der Waals surface area (Å²) in [6.45, 7) is 0.